The first kappa shape index (κ1) is 23.1. The van der Waals surface area contributed by atoms with E-state index in [-0.39, 0.29) is 23.7 Å². The molecule has 0 radical (unpaired) electrons. The highest BCUT2D eigenvalue weighted by molar-refractivity contribution is 6.30. The molecule has 0 saturated carbocycles. The Morgan fingerprint density at radius 2 is 1.91 bits per heavy atom. The van der Waals surface area contributed by atoms with Crippen LogP contribution in [0.3, 0.4) is 0 Å². The van der Waals surface area contributed by atoms with Crippen molar-refractivity contribution in [3.63, 3.8) is 0 Å². The zero-order valence-electron chi connectivity index (χ0n) is 19.6. The fourth-order valence-corrected chi connectivity index (χ4v) is 4.99. The number of fused-ring (bicyclic) bond motifs is 2. The number of hydrogen-bond acceptors (Lipinski definition) is 6. The third-order valence-corrected chi connectivity index (χ3v) is 6.56. The molecule has 0 aliphatic carbocycles. The molecule has 0 unspecified atom stereocenters. The normalized spacial score (nSPS) is 25.9. The lowest BCUT2D eigenvalue weighted by Crippen LogP contribution is -2.61. The molecule has 0 bridgehead atoms. The quantitative estimate of drug-likeness (QED) is 0.593. The van der Waals surface area contributed by atoms with Gasteiger partial charge in [-0.3, -0.25) is 4.90 Å². The van der Waals surface area contributed by atoms with Crippen LogP contribution in [0.25, 0.3) is 0 Å². The minimum absolute atomic E-state index is 0.0736. The Bertz CT molecular complexity index is 1120. The second-order valence-electron chi connectivity index (χ2n) is 9.92. The third kappa shape index (κ3) is 4.03. The number of rotatable bonds is 2. The summed E-state index contributed by atoms with van der Waals surface area (Å²) in [7, 11) is 0. The first-order chi connectivity index (χ1) is 16.1. The van der Waals surface area contributed by atoms with Crippen LogP contribution in [0.5, 0.6) is 11.5 Å². The summed E-state index contributed by atoms with van der Waals surface area (Å²) in [4.78, 5) is 16.8. The lowest BCUT2D eigenvalue weighted by Gasteiger charge is -2.44. The van der Waals surface area contributed by atoms with Crippen LogP contribution in [0.2, 0.25) is 5.02 Å². The molecule has 34 heavy (non-hydrogen) atoms. The van der Waals surface area contributed by atoms with Crippen molar-refractivity contribution >= 4 is 23.4 Å². The molecule has 0 aromatic heterocycles. The van der Waals surface area contributed by atoms with E-state index >= 15 is 0 Å². The molecule has 3 aliphatic rings. The van der Waals surface area contributed by atoms with Gasteiger partial charge in [-0.2, -0.15) is 0 Å². The van der Waals surface area contributed by atoms with Gasteiger partial charge in [-0.15, -0.1) is 0 Å². The van der Waals surface area contributed by atoms with Crippen molar-refractivity contribution in [1.82, 2.24) is 4.90 Å². The van der Waals surface area contributed by atoms with Gasteiger partial charge >= 0.3 is 6.09 Å². The number of anilines is 1. The maximum atomic E-state index is 14.7. The van der Waals surface area contributed by atoms with E-state index in [0.29, 0.717) is 42.8 Å². The first-order valence-corrected chi connectivity index (χ1v) is 11.7. The number of benzene rings is 2. The minimum atomic E-state index is -1.34. The Balaban J connectivity index is 1.42. The van der Waals surface area contributed by atoms with Crippen LogP contribution in [0, 0.1) is 5.82 Å². The van der Waals surface area contributed by atoms with E-state index in [1.54, 1.807) is 30.0 Å². The Labute approximate surface area is 203 Å². The van der Waals surface area contributed by atoms with E-state index in [9.17, 15) is 9.18 Å². The summed E-state index contributed by atoms with van der Waals surface area (Å²) in [5.74, 6) is -0.772. The van der Waals surface area contributed by atoms with Crippen LogP contribution in [0.15, 0.2) is 36.4 Å². The van der Waals surface area contributed by atoms with Gasteiger partial charge in [-0.25, -0.2) is 9.18 Å². The average Bonchev–Trinajstić information content (AvgIpc) is 3.36. The molecule has 0 N–H and O–H groups in total. The van der Waals surface area contributed by atoms with Gasteiger partial charge in [-0.1, -0.05) is 17.7 Å². The van der Waals surface area contributed by atoms with E-state index in [4.69, 9.17) is 30.5 Å². The Morgan fingerprint density at radius 1 is 1.15 bits per heavy atom. The second kappa shape index (κ2) is 8.20. The maximum Gasteiger partial charge on any atom is 0.410 e. The number of carbonyl (C=O) groups is 1. The lowest BCUT2D eigenvalue weighted by atomic mass is 10.0. The fourth-order valence-electron chi connectivity index (χ4n) is 4.83. The molecule has 2 aromatic rings. The summed E-state index contributed by atoms with van der Waals surface area (Å²) in [6.45, 7) is 9.20. The largest absolute Gasteiger partial charge is 0.444 e. The van der Waals surface area contributed by atoms with Gasteiger partial charge in [-0.05, 0) is 51.1 Å². The Hall–Kier alpha value is -2.71. The van der Waals surface area contributed by atoms with E-state index in [0.717, 1.165) is 5.69 Å². The van der Waals surface area contributed by atoms with Crippen LogP contribution in [0.1, 0.15) is 33.3 Å². The fraction of sp³-hybridized carbons (Fsp3) is 0.480. The molecule has 5 rings (SSSR count). The summed E-state index contributed by atoms with van der Waals surface area (Å²) < 4.78 is 38.5. The molecule has 3 heterocycles. The van der Waals surface area contributed by atoms with Gasteiger partial charge in [0.2, 0.25) is 0 Å². The highest BCUT2D eigenvalue weighted by atomic mass is 35.5. The summed E-state index contributed by atoms with van der Waals surface area (Å²) >= 11 is 5.93. The van der Waals surface area contributed by atoms with Crippen molar-refractivity contribution in [2.45, 2.75) is 51.2 Å². The van der Waals surface area contributed by atoms with Gasteiger partial charge < -0.3 is 23.8 Å². The van der Waals surface area contributed by atoms with Crippen molar-refractivity contribution in [2.75, 3.05) is 31.2 Å². The predicted octanol–water partition coefficient (Wildman–Crippen LogP) is 4.95. The van der Waals surface area contributed by atoms with Crippen LogP contribution in [-0.4, -0.2) is 55.0 Å². The molecule has 0 spiro atoms. The van der Waals surface area contributed by atoms with E-state index in [2.05, 4.69) is 4.90 Å². The van der Waals surface area contributed by atoms with Gasteiger partial charge in [0.25, 0.3) is 5.79 Å². The van der Waals surface area contributed by atoms with Gasteiger partial charge in [0.05, 0.1) is 36.5 Å². The van der Waals surface area contributed by atoms with E-state index in [1.165, 1.54) is 6.07 Å². The molecule has 182 valence electrons. The minimum Gasteiger partial charge on any atom is -0.444 e. The van der Waals surface area contributed by atoms with E-state index < -0.39 is 17.2 Å². The molecule has 3 aliphatic heterocycles. The monoisotopic (exact) mass is 490 g/mol. The highest BCUT2D eigenvalue weighted by Gasteiger charge is 2.47. The number of hydrogen-bond donors (Lipinski definition) is 0. The molecule has 3 atom stereocenters. The molecular weight excluding hydrogens is 463 g/mol. The predicted molar refractivity (Wildman–Crippen MR) is 125 cm³/mol. The molecule has 2 saturated heterocycles. The van der Waals surface area contributed by atoms with Gasteiger partial charge in [0.15, 0.2) is 11.5 Å². The van der Waals surface area contributed by atoms with Crippen molar-refractivity contribution in [3.8, 4) is 11.5 Å². The topological polar surface area (TPSA) is 60.5 Å². The maximum absolute atomic E-state index is 14.7. The number of halogens is 2. The SMILES string of the molecule is CC(C)(C)OC(=O)N1CCN(c2cccc3c2O[C@](C)(c2ccc(Cl)cc2F)O3)[C@H]2COC[C@H]21. The summed E-state index contributed by atoms with van der Waals surface area (Å²) in [5, 5.41) is 0.302. The van der Waals surface area contributed by atoms with Gasteiger partial charge in [0.1, 0.15) is 11.4 Å². The lowest BCUT2D eigenvalue weighted by molar-refractivity contribution is -0.0705. The Kier molecular flexibility index (Phi) is 5.56. The average molecular weight is 491 g/mol. The smallest absolute Gasteiger partial charge is 0.410 e. The van der Waals surface area contributed by atoms with E-state index in [1.807, 2.05) is 32.9 Å². The van der Waals surface area contributed by atoms with Gasteiger partial charge in [0, 0.05) is 25.0 Å². The number of para-hydroxylation sites is 1. The molecular formula is C25H28ClFN2O5. The molecule has 1 amide bonds. The number of piperazine rings is 1. The molecule has 7 nitrogen and oxygen atoms in total. The summed E-state index contributed by atoms with van der Waals surface area (Å²) in [6, 6.07) is 9.84. The van der Waals surface area contributed by atoms with Crippen molar-refractivity contribution in [2.24, 2.45) is 0 Å². The summed E-state index contributed by atoms with van der Waals surface area (Å²) in [5.41, 5.74) is 0.506. The Morgan fingerprint density at radius 3 is 2.65 bits per heavy atom. The zero-order valence-corrected chi connectivity index (χ0v) is 20.4. The van der Waals surface area contributed by atoms with Crippen LogP contribution in [-0.2, 0) is 15.3 Å². The van der Waals surface area contributed by atoms with Crippen molar-refractivity contribution < 1.29 is 28.1 Å². The number of carbonyl (C=O) groups excluding carboxylic acids is 1. The number of ether oxygens (including phenoxy) is 4. The first-order valence-electron chi connectivity index (χ1n) is 11.4. The molecule has 2 aromatic carbocycles. The highest BCUT2D eigenvalue weighted by Crippen LogP contribution is 2.50. The molecule has 9 heteroatoms. The van der Waals surface area contributed by atoms with Crippen LogP contribution in [0.4, 0.5) is 14.9 Å². The zero-order chi connectivity index (χ0) is 24.3. The molecule has 2 fully saturated rings. The number of nitrogens with zero attached hydrogens (tertiary/aromatic N) is 2. The van der Waals surface area contributed by atoms with Crippen LogP contribution < -0.4 is 14.4 Å². The standard InChI is InChI=1S/C25H28ClFN2O5/c1-24(2,3)34-23(30)29-11-10-28(19-13-31-14-20(19)29)18-6-5-7-21-22(18)33-25(4,32-21)16-9-8-15(26)12-17(16)27/h5-9,12,19-20H,10-11,13-14H2,1-4H3/t19-,20+,25+/m0/s1. The van der Waals surface area contributed by atoms with Crippen molar-refractivity contribution in [3.05, 3.63) is 52.8 Å². The third-order valence-electron chi connectivity index (χ3n) is 6.32. The van der Waals surface area contributed by atoms with Crippen molar-refractivity contribution in [1.29, 1.82) is 0 Å². The second-order valence-corrected chi connectivity index (χ2v) is 10.4. The van der Waals surface area contributed by atoms with Crippen LogP contribution >= 0.6 is 11.6 Å². The number of amides is 1. The summed E-state index contributed by atoms with van der Waals surface area (Å²) in [6.07, 6.45) is -0.337.